The van der Waals surface area contributed by atoms with Crippen LogP contribution in [0.5, 0.6) is 0 Å². The lowest BCUT2D eigenvalue weighted by atomic mass is 9.98. The fourth-order valence-electron chi connectivity index (χ4n) is 3.98. The molecule has 0 radical (unpaired) electrons. The van der Waals surface area contributed by atoms with E-state index in [1.165, 1.54) is 6.08 Å². The van der Waals surface area contributed by atoms with Crippen LogP contribution in [0.15, 0.2) is 79.4 Å². The molecule has 5 atom stereocenters. The molecule has 0 aromatic heterocycles. The van der Waals surface area contributed by atoms with E-state index >= 15 is 0 Å². The second kappa shape index (κ2) is 9.79. The Morgan fingerprint density at radius 2 is 1.78 bits per heavy atom. The Hall–Kier alpha value is -2.77. The third kappa shape index (κ3) is 5.16. The molecule has 32 heavy (non-hydrogen) atoms. The van der Waals surface area contributed by atoms with E-state index in [4.69, 9.17) is 23.7 Å². The standard InChI is InChI=1S/C26H28O6/c1-4-17-28-22-23(30-25-24(22)31-26(2,3)32-25)21(19-13-9-6-10-14-19)29-20(27)16-15-18-11-7-5-8-12-18/h4-16,21-25H,1,17H2,2-3H3/b16-15+/t21-,22+,23-,24-,25-/m1/s1. The number of fused-ring (bicyclic) bond motifs is 1. The molecule has 6 heteroatoms. The van der Waals surface area contributed by atoms with Crippen LogP contribution >= 0.6 is 0 Å². The summed E-state index contributed by atoms with van der Waals surface area (Å²) in [6.45, 7) is 7.70. The molecule has 2 fully saturated rings. The Labute approximate surface area is 188 Å². The zero-order valence-corrected chi connectivity index (χ0v) is 18.3. The number of esters is 1. The molecule has 6 nitrogen and oxygen atoms in total. The highest BCUT2D eigenvalue weighted by atomic mass is 16.8. The summed E-state index contributed by atoms with van der Waals surface area (Å²) in [4.78, 5) is 12.7. The lowest BCUT2D eigenvalue weighted by molar-refractivity contribution is -0.232. The normalized spacial score (nSPS) is 27.2. The first kappa shape index (κ1) is 22.4. The molecule has 2 aromatic rings. The zero-order valence-electron chi connectivity index (χ0n) is 18.3. The molecule has 0 unspecified atom stereocenters. The molecular weight excluding hydrogens is 408 g/mol. The van der Waals surface area contributed by atoms with Crippen molar-refractivity contribution in [2.24, 2.45) is 0 Å². The highest BCUT2D eigenvalue weighted by Gasteiger charge is 2.58. The van der Waals surface area contributed by atoms with Crippen LogP contribution in [-0.4, -0.2) is 43.0 Å². The van der Waals surface area contributed by atoms with Crippen molar-refractivity contribution in [3.63, 3.8) is 0 Å². The molecule has 0 spiro atoms. The van der Waals surface area contributed by atoms with Gasteiger partial charge in [-0.15, -0.1) is 6.58 Å². The minimum absolute atomic E-state index is 0.306. The van der Waals surface area contributed by atoms with Gasteiger partial charge in [0.05, 0.1) is 6.61 Å². The predicted octanol–water partition coefficient (Wildman–Crippen LogP) is 4.43. The molecule has 0 amide bonds. The smallest absolute Gasteiger partial charge is 0.331 e. The average molecular weight is 437 g/mol. The van der Waals surface area contributed by atoms with Crippen LogP contribution in [0.25, 0.3) is 6.08 Å². The molecule has 0 saturated carbocycles. The van der Waals surface area contributed by atoms with E-state index in [9.17, 15) is 4.79 Å². The molecule has 0 aliphatic carbocycles. The molecule has 2 heterocycles. The van der Waals surface area contributed by atoms with Crippen molar-refractivity contribution in [1.29, 1.82) is 0 Å². The first-order valence-corrected chi connectivity index (χ1v) is 10.7. The topological polar surface area (TPSA) is 63.2 Å². The molecule has 0 N–H and O–H groups in total. The van der Waals surface area contributed by atoms with Gasteiger partial charge in [0.25, 0.3) is 0 Å². The predicted molar refractivity (Wildman–Crippen MR) is 119 cm³/mol. The minimum Gasteiger partial charge on any atom is -0.451 e. The number of hydrogen-bond donors (Lipinski definition) is 0. The van der Waals surface area contributed by atoms with Crippen LogP contribution in [0.3, 0.4) is 0 Å². The van der Waals surface area contributed by atoms with E-state index in [1.54, 1.807) is 12.2 Å². The Kier molecular flexibility index (Phi) is 6.86. The molecule has 0 bridgehead atoms. The third-order valence-corrected chi connectivity index (χ3v) is 5.31. The highest BCUT2D eigenvalue weighted by molar-refractivity contribution is 5.87. The van der Waals surface area contributed by atoms with E-state index in [0.717, 1.165) is 11.1 Å². The van der Waals surface area contributed by atoms with Gasteiger partial charge < -0.3 is 23.7 Å². The number of rotatable bonds is 8. The number of carbonyl (C=O) groups is 1. The second-order valence-electron chi connectivity index (χ2n) is 8.17. The number of ether oxygens (including phenoxy) is 5. The van der Waals surface area contributed by atoms with Crippen LogP contribution in [0.1, 0.15) is 31.1 Å². The Balaban J connectivity index is 1.58. The van der Waals surface area contributed by atoms with Crippen LogP contribution in [0.4, 0.5) is 0 Å². The van der Waals surface area contributed by atoms with Gasteiger partial charge >= 0.3 is 5.97 Å². The van der Waals surface area contributed by atoms with E-state index in [0.29, 0.717) is 6.61 Å². The van der Waals surface area contributed by atoms with E-state index in [2.05, 4.69) is 6.58 Å². The largest absolute Gasteiger partial charge is 0.451 e. The van der Waals surface area contributed by atoms with Crippen LogP contribution in [0.2, 0.25) is 0 Å². The fourth-order valence-corrected chi connectivity index (χ4v) is 3.98. The number of carbonyl (C=O) groups excluding carboxylic acids is 1. The summed E-state index contributed by atoms with van der Waals surface area (Å²) in [5.41, 5.74) is 1.70. The SMILES string of the molecule is C=CCO[C@@H]1[C@H]2OC(C)(C)O[C@H]2O[C@@H]1[C@H](OC(=O)/C=C/c1ccccc1)c1ccccc1. The van der Waals surface area contributed by atoms with Crippen molar-refractivity contribution in [3.05, 3.63) is 90.5 Å². The monoisotopic (exact) mass is 436 g/mol. The Bertz CT molecular complexity index is 939. The maximum atomic E-state index is 12.7. The van der Waals surface area contributed by atoms with Gasteiger partial charge in [0.15, 0.2) is 18.2 Å². The lowest BCUT2D eigenvalue weighted by Gasteiger charge is -2.30. The van der Waals surface area contributed by atoms with Crippen molar-refractivity contribution >= 4 is 12.0 Å². The van der Waals surface area contributed by atoms with Crippen molar-refractivity contribution < 1.29 is 28.5 Å². The van der Waals surface area contributed by atoms with Crippen LogP contribution in [0, 0.1) is 0 Å². The zero-order chi connectivity index (χ0) is 22.6. The molecule has 2 saturated heterocycles. The maximum absolute atomic E-state index is 12.7. The minimum atomic E-state index is -0.784. The Morgan fingerprint density at radius 3 is 2.47 bits per heavy atom. The first-order valence-electron chi connectivity index (χ1n) is 10.7. The fraction of sp³-hybridized carbons (Fsp3) is 0.346. The molecule has 2 aliphatic rings. The van der Waals surface area contributed by atoms with Crippen molar-refractivity contribution in [2.45, 2.75) is 50.3 Å². The van der Waals surface area contributed by atoms with Gasteiger partial charge in [-0.05, 0) is 31.1 Å². The summed E-state index contributed by atoms with van der Waals surface area (Å²) in [5, 5.41) is 0. The quantitative estimate of drug-likeness (QED) is 0.347. The number of hydrogen-bond acceptors (Lipinski definition) is 6. The lowest BCUT2D eigenvalue weighted by Crippen LogP contribution is -2.40. The summed E-state index contributed by atoms with van der Waals surface area (Å²) in [7, 11) is 0. The van der Waals surface area contributed by atoms with Crippen LogP contribution < -0.4 is 0 Å². The van der Waals surface area contributed by atoms with E-state index < -0.39 is 42.5 Å². The molecular formula is C26H28O6. The van der Waals surface area contributed by atoms with Gasteiger partial charge in [0.1, 0.15) is 18.3 Å². The first-order chi connectivity index (χ1) is 15.5. The summed E-state index contributed by atoms with van der Waals surface area (Å²) < 4.78 is 30.1. The number of benzene rings is 2. The van der Waals surface area contributed by atoms with Crippen LogP contribution in [-0.2, 0) is 28.5 Å². The summed E-state index contributed by atoms with van der Waals surface area (Å²) in [5.74, 6) is -1.26. The average Bonchev–Trinajstić information content (AvgIpc) is 3.27. The molecule has 4 rings (SSSR count). The molecule has 2 aromatic carbocycles. The van der Waals surface area contributed by atoms with E-state index in [-0.39, 0.29) is 0 Å². The van der Waals surface area contributed by atoms with Crippen molar-refractivity contribution in [3.8, 4) is 0 Å². The maximum Gasteiger partial charge on any atom is 0.331 e. The highest BCUT2D eigenvalue weighted by Crippen LogP contribution is 2.43. The van der Waals surface area contributed by atoms with Crippen molar-refractivity contribution in [2.75, 3.05) is 6.61 Å². The molecule has 2 aliphatic heterocycles. The summed E-state index contributed by atoms with van der Waals surface area (Å²) in [6, 6.07) is 19.0. The van der Waals surface area contributed by atoms with Gasteiger partial charge in [-0.25, -0.2) is 4.79 Å². The van der Waals surface area contributed by atoms with Gasteiger partial charge in [0.2, 0.25) is 0 Å². The van der Waals surface area contributed by atoms with E-state index in [1.807, 2.05) is 74.5 Å². The van der Waals surface area contributed by atoms with Crippen molar-refractivity contribution in [1.82, 2.24) is 0 Å². The third-order valence-electron chi connectivity index (χ3n) is 5.31. The second-order valence-corrected chi connectivity index (χ2v) is 8.17. The summed E-state index contributed by atoms with van der Waals surface area (Å²) in [6.07, 6.45) is 1.91. The van der Waals surface area contributed by atoms with Gasteiger partial charge in [-0.3, -0.25) is 0 Å². The molecule has 168 valence electrons. The Morgan fingerprint density at radius 1 is 1.09 bits per heavy atom. The van der Waals surface area contributed by atoms with Gasteiger partial charge in [-0.2, -0.15) is 0 Å². The van der Waals surface area contributed by atoms with Gasteiger partial charge in [-0.1, -0.05) is 66.7 Å². The summed E-state index contributed by atoms with van der Waals surface area (Å²) >= 11 is 0. The van der Waals surface area contributed by atoms with Gasteiger partial charge in [0, 0.05) is 6.08 Å².